The van der Waals surface area contributed by atoms with E-state index < -0.39 is 118 Å². The van der Waals surface area contributed by atoms with Crippen molar-refractivity contribution in [1.82, 2.24) is 0 Å². The summed E-state index contributed by atoms with van der Waals surface area (Å²) in [5.41, 5.74) is 0. The molecule has 3 aliphatic rings. The number of aliphatic carboxylic acids is 1. The molecule has 0 amide bonds. The third kappa shape index (κ3) is 8.30. The number of hydrogen-bond donors (Lipinski definition) is 11. The Morgan fingerprint density at radius 1 is 0.548 bits per heavy atom. The first kappa shape index (κ1) is 35.3. The van der Waals surface area contributed by atoms with E-state index in [1.54, 1.807) is 0 Å². The van der Waals surface area contributed by atoms with Gasteiger partial charge in [-0.2, -0.15) is 0 Å². The molecule has 3 heterocycles. The van der Waals surface area contributed by atoms with E-state index in [4.69, 9.17) is 33.5 Å². The molecule has 3 aliphatic heterocycles. The molecule has 18 heteroatoms. The molecule has 0 spiro atoms. The molecule has 3 rings (SSSR count). The molecule has 0 saturated carbocycles. The standard InChI is InChI=1S/C24H42O18/c25-6-9-13(30)16(33)19(36)22(38-9)41-21-18(35)15(32)11(8-27)40-24(21)42-20-17(34)14(31)10(7-26)39-23(20)37-5-3-1-2-4-12(28)29/h9-11,13-27,30-36H,1-8H2,(H,28,29)/t9?,10?,11?,13-,14-,15-,16+,17+,18+,19?,20?,21?,22+,23+,24-/m1/s1. The van der Waals surface area contributed by atoms with E-state index in [0.717, 1.165) is 0 Å². The van der Waals surface area contributed by atoms with Crippen molar-refractivity contribution >= 4 is 5.97 Å². The van der Waals surface area contributed by atoms with Crippen LogP contribution < -0.4 is 0 Å². The Balaban J connectivity index is 1.79. The van der Waals surface area contributed by atoms with Gasteiger partial charge >= 0.3 is 5.97 Å². The Morgan fingerprint density at radius 2 is 1.00 bits per heavy atom. The zero-order valence-corrected chi connectivity index (χ0v) is 22.6. The number of hydrogen-bond acceptors (Lipinski definition) is 17. The van der Waals surface area contributed by atoms with Crippen LogP contribution in [0.25, 0.3) is 0 Å². The largest absolute Gasteiger partial charge is 0.481 e. The molecule has 15 atom stereocenters. The van der Waals surface area contributed by atoms with Crippen LogP contribution >= 0.6 is 0 Å². The monoisotopic (exact) mass is 618 g/mol. The highest BCUT2D eigenvalue weighted by Gasteiger charge is 2.54. The van der Waals surface area contributed by atoms with Crippen LogP contribution in [0.15, 0.2) is 0 Å². The van der Waals surface area contributed by atoms with Crippen molar-refractivity contribution in [3.8, 4) is 0 Å². The van der Waals surface area contributed by atoms with Crippen LogP contribution in [0.3, 0.4) is 0 Å². The minimum absolute atomic E-state index is 0.0119. The van der Waals surface area contributed by atoms with Crippen molar-refractivity contribution in [2.24, 2.45) is 0 Å². The van der Waals surface area contributed by atoms with Gasteiger partial charge in [0.15, 0.2) is 18.9 Å². The van der Waals surface area contributed by atoms with Crippen molar-refractivity contribution in [3.63, 3.8) is 0 Å². The molecule has 3 saturated heterocycles. The average molecular weight is 619 g/mol. The lowest BCUT2D eigenvalue weighted by atomic mass is 9.96. The Bertz CT molecular complexity index is 818. The molecule has 0 aromatic heterocycles. The van der Waals surface area contributed by atoms with Gasteiger partial charge in [0.1, 0.15) is 73.2 Å². The molecule has 0 aliphatic carbocycles. The van der Waals surface area contributed by atoms with Crippen LogP contribution in [0.4, 0.5) is 0 Å². The fourth-order valence-electron chi connectivity index (χ4n) is 4.89. The maximum absolute atomic E-state index is 10.8. The first-order valence-corrected chi connectivity index (χ1v) is 13.6. The van der Waals surface area contributed by atoms with Gasteiger partial charge in [-0.15, -0.1) is 0 Å². The summed E-state index contributed by atoms with van der Waals surface area (Å²) in [5, 5.41) is 111. The van der Waals surface area contributed by atoms with E-state index in [-0.39, 0.29) is 13.0 Å². The first-order valence-electron chi connectivity index (χ1n) is 13.6. The SMILES string of the molecule is O=C(O)CCCCCO[C@H]1OC(CO)[C@@H](O)[C@H](O)C1O[C@H]1OC(CO)[C@@H](O)[C@H](O)C1O[C@@H]1OC(CO)[C@@H](O)[C@H](O)C1O. The van der Waals surface area contributed by atoms with Crippen LogP contribution in [0.2, 0.25) is 0 Å². The highest BCUT2D eigenvalue weighted by molar-refractivity contribution is 5.66. The normalized spacial score (nSPS) is 44.7. The summed E-state index contributed by atoms with van der Waals surface area (Å²) in [6.07, 6.45) is -23.9. The maximum Gasteiger partial charge on any atom is 0.303 e. The van der Waals surface area contributed by atoms with Gasteiger partial charge in [-0.1, -0.05) is 6.42 Å². The number of unbranched alkanes of at least 4 members (excludes halogenated alkanes) is 2. The van der Waals surface area contributed by atoms with E-state index in [9.17, 15) is 55.9 Å². The highest BCUT2D eigenvalue weighted by atomic mass is 16.8. The number of aliphatic hydroxyl groups excluding tert-OH is 10. The van der Waals surface area contributed by atoms with Gasteiger partial charge in [-0.25, -0.2) is 0 Å². The number of ether oxygens (including phenoxy) is 6. The van der Waals surface area contributed by atoms with Gasteiger partial charge in [0.05, 0.1) is 19.8 Å². The van der Waals surface area contributed by atoms with E-state index in [2.05, 4.69) is 0 Å². The molecule has 3 fully saturated rings. The molecule has 0 aromatic rings. The van der Waals surface area contributed by atoms with E-state index >= 15 is 0 Å². The van der Waals surface area contributed by atoms with Crippen LogP contribution in [0.5, 0.6) is 0 Å². The molecule has 0 radical (unpaired) electrons. The molecular formula is C24H42O18. The number of carbonyl (C=O) groups is 1. The lowest BCUT2D eigenvalue weighted by Gasteiger charge is -2.48. The third-order valence-corrected chi connectivity index (χ3v) is 7.40. The number of carboxylic acid groups (broad SMARTS) is 1. The minimum Gasteiger partial charge on any atom is -0.481 e. The van der Waals surface area contributed by atoms with Crippen LogP contribution in [0, 0.1) is 0 Å². The second-order valence-electron chi connectivity index (χ2n) is 10.4. The molecule has 0 bridgehead atoms. The molecule has 246 valence electrons. The fourth-order valence-corrected chi connectivity index (χ4v) is 4.89. The average Bonchev–Trinajstić information content (AvgIpc) is 2.97. The molecule has 42 heavy (non-hydrogen) atoms. The molecule has 11 N–H and O–H groups in total. The lowest BCUT2D eigenvalue weighted by Crippen LogP contribution is -2.67. The zero-order valence-electron chi connectivity index (χ0n) is 22.6. The van der Waals surface area contributed by atoms with Crippen LogP contribution in [-0.4, -0.2) is 181 Å². The Kier molecular flexibility index (Phi) is 13.6. The number of rotatable bonds is 14. The van der Waals surface area contributed by atoms with Gasteiger partial charge in [0, 0.05) is 13.0 Å². The van der Waals surface area contributed by atoms with E-state index in [1.807, 2.05) is 0 Å². The molecular weight excluding hydrogens is 576 g/mol. The predicted octanol–water partition coefficient (Wildman–Crippen LogP) is -5.90. The second-order valence-corrected chi connectivity index (χ2v) is 10.4. The van der Waals surface area contributed by atoms with E-state index in [1.165, 1.54) is 0 Å². The van der Waals surface area contributed by atoms with Gasteiger partial charge in [0.25, 0.3) is 0 Å². The third-order valence-electron chi connectivity index (χ3n) is 7.40. The summed E-state index contributed by atoms with van der Waals surface area (Å²) in [5.74, 6) is -0.954. The van der Waals surface area contributed by atoms with Gasteiger partial charge in [-0.05, 0) is 12.8 Å². The van der Waals surface area contributed by atoms with Gasteiger partial charge in [-0.3, -0.25) is 4.79 Å². The minimum atomic E-state index is -1.91. The van der Waals surface area contributed by atoms with Crippen molar-refractivity contribution in [2.75, 3.05) is 26.4 Å². The Hall–Kier alpha value is -1.17. The van der Waals surface area contributed by atoms with Crippen molar-refractivity contribution in [2.45, 2.75) is 118 Å². The molecule has 0 aromatic carbocycles. The topological polar surface area (TPSA) is 295 Å². The summed E-state index contributed by atoms with van der Waals surface area (Å²) < 4.78 is 33.5. The zero-order chi connectivity index (χ0) is 31.1. The molecule has 18 nitrogen and oxygen atoms in total. The van der Waals surface area contributed by atoms with Crippen LogP contribution in [-0.2, 0) is 33.2 Å². The Morgan fingerprint density at radius 3 is 1.52 bits per heavy atom. The summed E-state index contributed by atoms with van der Waals surface area (Å²) in [4.78, 5) is 10.7. The van der Waals surface area contributed by atoms with Crippen molar-refractivity contribution in [1.29, 1.82) is 0 Å². The van der Waals surface area contributed by atoms with Crippen molar-refractivity contribution < 1.29 is 89.4 Å². The summed E-state index contributed by atoms with van der Waals surface area (Å²) in [7, 11) is 0. The summed E-state index contributed by atoms with van der Waals surface area (Å²) >= 11 is 0. The number of carboxylic acids is 1. The lowest BCUT2D eigenvalue weighted by molar-refractivity contribution is -0.393. The first-order chi connectivity index (χ1) is 19.9. The van der Waals surface area contributed by atoms with Crippen LogP contribution in [0.1, 0.15) is 25.7 Å². The van der Waals surface area contributed by atoms with Gasteiger partial charge in [0.2, 0.25) is 0 Å². The summed E-state index contributed by atoms with van der Waals surface area (Å²) in [6, 6.07) is 0. The van der Waals surface area contributed by atoms with Crippen molar-refractivity contribution in [3.05, 3.63) is 0 Å². The summed E-state index contributed by atoms with van der Waals surface area (Å²) in [6.45, 7) is -2.31. The van der Waals surface area contributed by atoms with Gasteiger partial charge < -0.3 is 84.6 Å². The Labute approximate surface area is 240 Å². The quantitative estimate of drug-likeness (QED) is 0.0808. The van der Waals surface area contributed by atoms with E-state index in [0.29, 0.717) is 19.3 Å². The smallest absolute Gasteiger partial charge is 0.303 e. The highest BCUT2D eigenvalue weighted by Crippen LogP contribution is 2.33. The number of aliphatic hydroxyl groups is 10. The maximum atomic E-state index is 10.8. The molecule has 6 unspecified atom stereocenters. The predicted molar refractivity (Wildman–Crippen MR) is 131 cm³/mol. The second kappa shape index (κ2) is 16.2. The fraction of sp³-hybridized carbons (Fsp3) is 0.958.